The van der Waals surface area contributed by atoms with E-state index in [9.17, 15) is 0 Å². The van der Waals surface area contributed by atoms with Crippen molar-refractivity contribution in [1.82, 2.24) is 0 Å². The van der Waals surface area contributed by atoms with Crippen LogP contribution in [0.5, 0.6) is 11.5 Å². The summed E-state index contributed by atoms with van der Waals surface area (Å²) in [4.78, 5) is 0. The van der Waals surface area contributed by atoms with Gasteiger partial charge in [-0.15, -0.1) is 0 Å². The molecular weight excluding hydrogens is 290 g/mol. The third-order valence-electron chi connectivity index (χ3n) is 3.23. The Bertz CT molecular complexity index is 610. The van der Waals surface area contributed by atoms with E-state index in [4.69, 9.17) is 31.2 Å². The molecule has 1 heterocycles. The lowest BCUT2D eigenvalue weighted by Crippen LogP contribution is -2.13. The second-order valence-electron chi connectivity index (χ2n) is 4.60. The zero-order valence-corrected chi connectivity index (χ0v) is 13.2. The Morgan fingerprint density at radius 2 is 1.76 bits per heavy atom. The van der Waals surface area contributed by atoms with Gasteiger partial charge in [0.25, 0.3) is 0 Å². The minimum atomic E-state index is -0.369. The Hall–Kier alpha value is -1.65. The summed E-state index contributed by atoms with van der Waals surface area (Å²) >= 11 is 6.36. The van der Waals surface area contributed by atoms with Gasteiger partial charge in [0.05, 0.1) is 25.5 Å². The Labute approximate surface area is 129 Å². The molecule has 0 saturated carbocycles. The van der Waals surface area contributed by atoms with Crippen molar-refractivity contribution in [3.63, 3.8) is 0 Å². The maximum Gasteiger partial charge on any atom is 0.162 e. The van der Waals surface area contributed by atoms with Crippen LogP contribution in [0.15, 0.2) is 28.9 Å². The second-order valence-corrected chi connectivity index (χ2v) is 5.00. The maximum atomic E-state index is 6.36. The molecule has 0 aliphatic carbocycles. The lowest BCUT2D eigenvalue weighted by molar-refractivity contribution is 0.287. The first-order chi connectivity index (χ1) is 10.1. The summed E-state index contributed by atoms with van der Waals surface area (Å²) in [5, 5.41) is 0.551. The van der Waals surface area contributed by atoms with Crippen molar-refractivity contribution in [2.45, 2.75) is 26.8 Å². The molecule has 0 amide bonds. The molecule has 114 valence electrons. The number of furan rings is 1. The fourth-order valence-electron chi connectivity index (χ4n) is 2.21. The average Bonchev–Trinajstić information content (AvgIpc) is 2.87. The Morgan fingerprint density at radius 1 is 1.14 bits per heavy atom. The summed E-state index contributed by atoms with van der Waals surface area (Å²) in [7, 11) is 0. The highest BCUT2D eigenvalue weighted by atomic mass is 35.5. The number of hydrogen-bond acceptors (Lipinski definition) is 4. The molecule has 2 aromatic rings. The fourth-order valence-corrected chi connectivity index (χ4v) is 2.48. The molecule has 0 bridgehead atoms. The van der Waals surface area contributed by atoms with Crippen LogP contribution in [0.25, 0.3) is 0 Å². The zero-order chi connectivity index (χ0) is 15.4. The molecule has 4 nitrogen and oxygen atoms in total. The van der Waals surface area contributed by atoms with Crippen molar-refractivity contribution in [3.05, 3.63) is 46.4 Å². The Kier molecular flexibility index (Phi) is 5.15. The van der Waals surface area contributed by atoms with Crippen molar-refractivity contribution >= 4 is 11.6 Å². The normalized spacial score (nSPS) is 12.2. The zero-order valence-electron chi connectivity index (χ0n) is 12.5. The SMILES string of the molecule is CCOc1cc(Cl)c(C(N)c2ccoc2C)cc1OCC. The number of hydrogen-bond donors (Lipinski definition) is 1. The highest BCUT2D eigenvalue weighted by molar-refractivity contribution is 6.31. The average molecular weight is 310 g/mol. The summed E-state index contributed by atoms with van der Waals surface area (Å²) in [5.74, 6) is 2.06. The van der Waals surface area contributed by atoms with Gasteiger partial charge in [0.1, 0.15) is 5.76 Å². The van der Waals surface area contributed by atoms with E-state index in [1.165, 1.54) is 0 Å². The summed E-state index contributed by atoms with van der Waals surface area (Å²) < 4.78 is 16.5. The molecule has 0 saturated heterocycles. The van der Waals surface area contributed by atoms with Crippen LogP contribution in [0.4, 0.5) is 0 Å². The lowest BCUT2D eigenvalue weighted by atomic mass is 9.99. The number of halogens is 1. The van der Waals surface area contributed by atoms with Crippen molar-refractivity contribution < 1.29 is 13.9 Å². The molecule has 0 aliphatic heterocycles. The number of aryl methyl sites for hydroxylation is 1. The van der Waals surface area contributed by atoms with Crippen LogP contribution in [-0.2, 0) is 0 Å². The van der Waals surface area contributed by atoms with Crippen LogP contribution in [0.2, 0.25) is 5.02 Å². The van der Waals surface area contributed by atoms with Crippen molar-refractivity contribution in [2.75, 3.05) is 13.2 Å². The van der Waals surface area contributed by atoms with Gasteiger partial charge in [-0.1, -0.05) is 11.6 Å². The van der Waals surface area contributed by atoms with E-state index >= 15 is 0 Å². The fraction of sp³-hybridized carbons (Fsp3) is 0.375. The van der Waals surface area contributed by atoms with Gasteiger partial charge in [-0.25, -0.2) is 0 Å². The van der Waals surface area contributed by atoms with E-state index < -0.39 is 0 Å². The Morgan fingerprint density at radius 3 is 2.29 bits per heavy atom. The molecule has 2 N–H and O–H groups in total. The molecule has 1 unspecified atom stereocenters. The third-order valence-corrected chi connectivity index (χ3v) is 3.56. The Balaban J connectivity index is 2.44. The van der Waals surface area contributed by atoms with Gasteiger partial charge in [0.2, 0.25) is 0 Å². The molecule has 0 spiro atoms. The molecule has 0 fully saturated rings. The summed E-state index contributed by atoms with van der Waals surface area (Å²) in [6.07, 6.45) is 1.62. The number of ether oxygens (including phenoxy) is 2. The highest BCUT2D eigenvalue weighted by Gasteiger charge is 2.19. The van der Waals surface area contributed by atoms with Crippen LogP contribution < -0.4 is 15.2 Å². The molecule has 1 atom stereocenters. The first kappa shape index (κ1) is 15.7. The van der Waals surface area contributed by atoms with Crippen molar-refractivity contribution in [2.24, 2.45) is 5.73 Å². The molecule has 5 heteroatoms. The van der Waals surface area contributed by atoms with Gasteiger partial charge in [-0.3, -0.25) is 0 Å². The number of nitrogens with two attached hydrogens (primary N) is 1. The van der Waals surface area contributed by atoms with Gasteiger partial charge in [0.15, 0.2) is 11.5 Å². The number of benzene rings is 1. The first-order valence-corrected chi connectivity index (χ1v) is 7.34. The largest absolute Gasteiger partial charge is 0.490 e. The topological polar surface area (TPSA) is 57.6 Å². The van der Waals surface area contributed by atoms with Crippen LogP contribution >= 0.6 is 11.6 Å². The third kappa shape index (κ3) is 3.34. The molecular formula is C16H20ClNO3. The quantitative estimate of drug-likeness (QED) is 0.873. The van der Waals surface area contributed by atoms with Crippen LogP contribution in [-0.4, -0.2) is 13.2 Å². The molecule has 1 aromatic heterocycles. The lowest BCUT2D eigenvalue weighted by Gasteiger charge is -2.17. The van der Waals surface area contributed by atoms with Gasteiger partial charge in [0, 0.05) is 16.7 Å². The molecule has 21 heavy (non-hydrogen) atoms. The van der Waals surface area contributed by atoms with E-state index in [2.05, 4.69) is 0 Å². The standard InChI is InChI=1S/C16H20ClNO3/c1-4-19-14-8-12(13(17)9-15(14)20-5-2)16(18)11-6-7-21-10(11)3/h6-9,16H,4-5,18H2,1-3H3. The molecule has 2 rings (SSSR count). The van der Waals surface area contributed by atoms with Crippen LogP contribution in [0, 0.1) is 6.92 Å². The predicted octanol–water partition coefficient (Wildman–Crippen LogP) is 4.09. The van der Waals surface area contributed by atoms with Gasteiger partial charge >= 0.3 is 0 Å². The molecule has 0 aliphatic rings. The monoisotopic (exact) mass is 309 g/mol. The van der Waals surface area contributed by atoms with E-state index in [1.807, 2.05) is 32.9 Å². The van der Waals surface area contributed by atoms with Gasteiger partial charge in [-0.2, -0.15) is 0 Å². The van der Waals surface area contributed by atoms with Gasteiger partial charge in [-0.05, 0) is 38.5 Å². The molecule has 0 radical (unpaired) electrons. The highest BCUT2D eigenvalue weighted by Crippen LogP contribution is 2.38. The van der Waals surface area contributed by atoms with Crippen LogP contribution in [0.1, 0.15) is 36.8 Å². The number of rotatable bonds is 6. The minimum Gasteiger partial charge on any atom is -0.490 e. The van der Waals surface area contributed by atoms with E-state index in [1.54, 1.807) is 12.3 Å². The smallest absolute Gasteiger partial charge is 0.162 e. The maximum absolute atomic E-state index is 6.36. The van der Waals surface area contributed by atoms with Gasteiger partial charge < -0.3 is 19.6 Å². The first-order valence-electron chi connectivity index (χ1n) is 6.97. The molecule has 1 aromatic carbocycles. The second kappa shape index (κ2) is 6.87. The summed E-state index contributed by atoms with van der Waals surface area (Å²) in [5.41, 5.74) is 8.00. The van der Waals surface area contributed by atoms with E-state index in [-0.39, 0.29) is 6.04 Å². The van der Waals surface area contributed by atoms with Crippen molar-refractivity contribution in [3.8, 4) is 11.5 Å². The van der Waals surface area contributed by atoms with Crippen LogP contribution in [0.3, 0.4) is 0 Å². The summed E-state index contributed by atoms with van der Waals surface area (Å²) in [6.45, 7) is 6.80. The minimum absolute atomic E-state index is 0.369. The van der Waals surface area contributed by atoms with Crippen molar-refractivity contribution in [1.29, 1.82) is 0 Å². The van der Waals surface area contributed by atoms with E-state index in [0.29, 0.717) is 29.7 Å². The predicted molar refractivity (Wildman–Crippen MR) is 83.3 cm³/mol. The van der Waals surface area contributed by atoms with E-state index in [0.717, 1.165) is 16.9 Å². The summed E-state index contributed by atoms with van der Waals surface area (Å²) in [6, 6.07) is 5.08.